The fraction of sp³-hybridized carbons (Fsp3) is 0. The second kappa shape index (κ2) is 9.05. The van der Waals surface area contributed by atoms with Gasteiger partial charge < -0.3 is 40.5 Å². The van der Waals surface area contributed by atoms with Crippen LogP contribution in [0.3, 0.4) is 0 Å². The van der Waals surface area contributed by atoms with E-state index in [0.717, 1.165) is 12.1 Å². The summed E-state index contributed by atoms with van der Waals surface area (Å²) in [6, 6.07) is 1.98. The van der Waals surface area contributed by atoms with Crippen molar-refractivity contribution >= 4 is 64.3 Å². The first-order valence-corrected chi connectivity index (χ1v) is 6.11. The number of carboxylic acid groups (broad SMARTS) is 1. The molecule has 142 valence electrons. The van der Waals surface area contributed by atoms with Crippen molar-refractivity contribution in [3.05, 3.63) is 29.3 Å². The van der Waals surface area contributed by atoms with Crippen LogP contribution in [-0.2, 0) is 0 Å². The quantitative estimate of drug-likeness (QED) is 0.0839. The first kappa shape index (κ1) is 23.9. The normalized spacial score (nSPS) is 9.54. The summed E-state index contributed by atoms with van der Waals surface area (Å²) in [5.41, 5.74) is -1.32. The van der Waals surface area contributed by atoms with E-state index in [2.05, 4.69) is 4.74 Å². The molecule has 0 saturated heterocycles. The molecule has 0 radical (unpaired) electrons. The Morgan fingerprint density at radius 1 is 0.731 bits per heavy atom. The molecule has 26 heavy (non-hydrogen) atoms. The molecule has 0 aliphatic rings. The van der Waals surface area contributed by atoms with Crippen LogP contribution in [0.5, 0.6) is 40.2 Å². The van der Waals surface area contributed by atoms with E-state index in [0.29, 0.717) is 6.07 Å². The molecule has 0 aromatic heterocycles. The number of carbonyl (C=O) groups excluding carboxylic acids is 1. The molecule has 0 aliphatic carbocycles. The van der Waals surface area contributed by atoms with E-state index >= 15 is 0 Å². The number of carboxylic acids is 1. The van der Waals surface area contributed by atoms with Crippen molar-refractivity contribution in [2.24, 2.45) is 0 Å². The average Bonchev–Trinajstić information content (AvgIpc) is 2.51. The van der Waals surface area contributed by atoms with Crippen LogP contribution in [0.15, 0.2) is 18.2 Å². The zero-order valence-electron chi connectivity index (χ0n) is 13.0. The van der Waals surface area contributed by atoms with Crippen LogP contribution in [0, 0.1) is 0 Å². The maximum absolute atomic E-state index is 12.0. The van der Waals surface area contributed by atoms with Crippen molar-refractivity contribution in [2.45, 2.75) is 0 Å². The Hall–Kier alpha value is -2.05. The van der Waals surface area contributed by atoms with Gasteiger partial charge in [0.15, 0.2) is 28.7 Å². The molecule has 2 aromatic rings. The Morgan fingerprint density at radius 2 is 1.19 bits per heavy atom. The summed E-state index contributed by atoms with van der Waals surface area (Å²) in [4.78, 5) is 23.1. The number of hydrogen-bond acceptors (Lipinski definition) is 9. The van der Waals surface area contributed by atoms with Gasteiger partial charge in [0.1, 0.15) is 5.56 Å². The summed E-state index contributed by atoms with van der Waals surface area (Å²) in [5, 5.41) is 65.3. The molecule has 0 spiro atoms. The van der Waals surface area contributed by atoms with Crippen molar-refractivity contribution < 1.29 is 50.1 Å². The van der Waals surface area contributed by atoms with Crippen LogP contribution < -0.4 is 4.74 Å². The number of hydrogen-bond donors (Lipinski definition) is 7. The molecule has 0 heterocycles. The number of esters is 1. The van der Waals surface area contributed by atoms with Gasteiger partial charge in [-0.25, -0.2) is 9.59 Å². The maximum atomic E-state index is 12.0. The van der Waals surface area contributed by atoms with Crippen molar-refractivity contribution in [3.8, 4) is 40.2 Å². The topological polar surface area (TPSA) is 185 Å². The Balaban J connectivity index is 0.00000312. The van der Waals surface area contributed by atoms with Crippen LogP contribution in [0.1, 0.15) is 20.7 Å². The van der Waals surface area contributed by atoms with E-state index in [4.69, 9.17) is 5.11 Å². The van der Waals surface area contributed by atoms with Crippen LogP contribution in [-0.4, -0.2) is 100 Å². The van der Waals surface area contributed by atoms with Crippen LogP contribution >= 0.6 is 0 Å². The fourth-order valence-corrected chi connectivity index (χ4v) is 1.76. The van der Waals surface area contributed by atoms with Gasteiger partial charge >= 0.3 is 64.3 Å². The van der Waals surface area contributed by atoms with Gasteiger partial charge in [-0.3, -0.25) is 0 Å². The minimum absolute atomic E-state index is 0. The zero-order valence-corrected chi connectivity index (χ0v) is 24.0. The molecular weight excluding hydrogens is 746 g/mol. The summed E-state index contributed by atoms with van der Waals surface area (Å²) in [6.45, 7) is 0. The molecule has 0 atom stereocenters. The Labute approximate surface area is 183 Å². The van der Waals surface area contributed by atoms with Crippen LogP contribution in [0.4, 0.5) is 0 Å². The third kappa shape index (κ3) is 4.56. The minimum atomic E-state index is -1.68. The third-order valence-corrected chi connectivity index (χ3v) is 2.94. The van der Waals surface area contributed by atoms with Gasteiger partial charge in [-0.05, 0) is 12.1 Å². The van der Waals surface area contributed by atoms with Crippen LogP contribution in [0.2, 0.25) is 0 Å². The first-order valence-electron chi connectivity index (χ1n) is 6.11. The van der Waals surface area contributed by atoms with Crippen molar-refractivity contribution in [2.75, 3.05) is 0 Å². The first-order chi connectivity index (χ1) is 11.1. The van der Waals surface area contributed by atoms with Gasteiger partial charge in [0.05, 0.1) is 5.56 Å². The van der Waals surface area contributed by atoms with Gasteiger partial charge in [-0.2, -0.15) is 0 Å². The van der Waals surface area contributed by atoms with Gasteiger partial charge in [-0.1, -0.05) is 0 Å². The van der Waals surface area contributed by atoms with E-state index in [1.54, 1.807) is 0 Å². The molecule has 0 bridgehead atoms. The Morgan fingerprint density at radius 3 is 1.65 bits per heavy atom. The zero-order chi connectivity index (χ0) is 18.2. The van der Waals surface area contributed by atoms with Crippen molar-refractivity contribution in [3.63, 3.8) is 0 Å². The van der Waals surface area contributed by atoms with E-state index in [1.807, 2.05) is 0 Å². The fourth-order valence-electron chi connectivity index (χ4n) is 1.76. The second-order valence-corrected chi connectivity index (χ2v) is 4.53. The number of phenolic OH excluding ortho intramolecular Hbond substituents is 6. The van der Waals surface area contributed by atoms with E-state index in [-0.39, 0.29) is 52.4 Å². The summed E-state index contributed by atoms with van der Waals surface area (Å²) < 4.78 is 4.66. The SMILES string of the molecule is O=C(Oc1c(C(=O)O)cc(O)c(O)c1O)c1cc(O)c(O)c(O)c1.[BiH3].[BiH3]. The van der Waals surface area contributed by atoms with E-state index in [1.165, 1.54) is 0 Å². The molecule has 0 unspecified atom stereocenters. The Bertz CT molecular complexity index is 842. The number of rotatable bonds is 3. The van der Waals surface area contributed by atoms with Crippen molar-refractivity contribution in [1.82, 2.24) is 0 Å². The summed E-state index contributed by atoms with van der Waals surface area (Å²) in [5.74, 6) is -9.82. The van der Waals surface area contributed by atoms with Crippen molar-refractivity contribution in [1.29, 1.82) is 0 Å². The number of carbonyl (C=O) groups is 2. The van der Waals surface area contributed by atoms with Gasteiger partial charge in [0.25, 0.3) is 0 Å². The number of phenols is 6. The molecular formula is C14H16Bi2O10. The average molecular weight is 762 g/mol. The molecule has 2 aromatic carbocycles. The number of benzene rings is 2. The molecule has 0 saturated carbocycles. The second-order valence-electron chi connectivity index (χ2n) is 4.53. The van der Waals surface area contributed by atoms with E-state index < -0.39 is 63.3 Å². The molecule has 2 rings (SSSR count). The molecule has 10 nitrogen and oxygen atoms in total. The van der Waals surface area contributed by atoms with Gasteiger partial charge in [-0.15, -0.1) is 0 Å². The number of ether oxygens (including phenoxy) is 1. The Kier molecular flexibility index (Phi) is 8.33. The predicted molar refractivity (Wildman–Crippen MR) is 94.7 cm³/mol. The van der Waals surface area contributed by atoms with E-state index in [9.17, 15) is 40.2 Å². The molecule has 7 N–H and O–H groups in total. The summed E-state index contributed by atoms with van der Waals surface area (Å²) in [6.07, 6.45) is 0. The molecule has 0 aliphatic heterocycles. The molecule has 12 heteroatoms. The standard InChI is InChI=1S/C14H10O10.2Bi.6H/c15-6-1-4(2-7(16)9(6)18)14(23)24-12-5(13(21)22)3-8(17)10(19)11(12)20;;;;;;;;/h1-3,15-20H,(H,21,22);;;;;;;;. The monoisotopic (exact) mass is 762 g/mol. The molecule has 0 amide bonds. The summed E-state index contributed by atoms with van der Waals surface area (Å²) in [7, 11) is 0. The van der Waals surface area contributed by atoms with Crippen LogP contribution in [0.25, 0.3) is 0 Å². The van der Waals surface area contributed by atoms with Gasteiger partial charge in [0.2, 0.25) is 11.5 Å². The third-order valence-electron chi connectivity index (χ3n) is 2.94. The summed E-state index contributed by atoms with van der Waals surface area (Å²) >= 11 is 0. The van der Waals surface area contributed by atoms with Gasteiger partial charge in [0, 0.05) is 6.07 Å². The predicted octanol–water partition coefficient (Wildman–Crippen LogP) is -1.53. The molecule has 0 fully saturated rings. The number of aromatic hydroxyl groups is 6. The number of aromatic carboxylic acids is 1.